The van der Waals surface area contributed by atoms with Gasteiger partial charge in [0.25, 0.3) is 0 Å². The second kappa shape index (κ2) is 4.40. The van der Waals surface area contributed by atoms with Crippen molar-refractivity contribution in [3.63, 3.8) is 0 Å². The first kappa shape index (κ1) is 11.7. The summed E-state index contributed by atoms with van der Waals surface area (Å²) in [6, 6.07) is 7.21. The summed E-state index contributed by atoms with van der Waals surface area (Å²) in [6.45, 7) is 1.97. The molecule has 3 rings (SSSR count). The molecule has 0 radical (unpaired) electrons. The molecule has 2 heterocycles. The molecule has 2 aromatic heterocycles. The van der Waals surface area contributed by atoms with Crippen molar-refractivity contribution in [1.82, 2.24) is 13.7 Å². The molecule has 3 aromatic rings. The number of carboxylic acid groups (broad SMARTS) is 1. The van der Waals surface area contributed by atoms with Gasteiger partial charge in [-0.1, -0.05) is 12.1 Å². The third-order valence-corrected chi connectivity index (χ3v) is 3.44. The zero-order chi connectivity index (χ0) is 13.4. The molecule has 0 aliphatic rings. The Labute approximate surface area is 112 Å². The van der Waals surface area contributed by atoms with E-state index in [1.54, 1.807) is 12.1 Å². The van der Waals surface area contributed by atoms with Crippen LogP contribution in [0.2, 0.25) is 0 Å². The summed E-state index contributed by atoms with van der Waals surface area (Å²) >= 11 is 1.15. The van der Waals surface area contributed by atoms with Gasteiger partial charge < -0.3 is 5.11 Å². The van der Waals surface area contributed by atoms with E-state index in [9.17, 15) is 4.79 Å². The van der Waals surface area contributed by atoms with Gasteiger partial charge in [-0.15, -0.1) is 0 Å². The van der Waals surface area contributed by atoms with E-state index < -0.39 is 5.97 Å². The first-order valence-electron chi connectivity index (χ1n) is 5.58. The van der Waals surface area contributed by atoms with Gasteiger partial charge >= 0.3 is 5.97 Å². The maximum absolute atomic E-state index is 11.0. The molecule has 0 spiro atoms. The van der Waals surface area contributed by atoms with Crippen LogP contribution >= 0.6 is 11.7 Å². The Morgan fingerprint density at radius 2 is 2.00 bits per heavy atom. The van der Waals surface area contributed by atoms with Gasteiger partial charge in [0.15, 0.2) is 0 Å². The zero-order valence-corrected chi connectivity index (χ0v) is 10.8. The number of aromatic carboxylic acids is 1. The van der Waals surface area contributed by atoms with Crippen molar-refractivity contribution in [2.75, 3.05) is 0 Å². The molecular formula is C13H9N3O2S. The number of carboxylic acids is 1. The Kier molecular flexibility index (Phi) is 2.72. The number of benzene rings is 1. The van der Waals surface area contributed by atoms with E-state index in [1.165, 1.54) is 6.20 Å². The quantitative estimate of drug-likeness (QED) is 0.775. The minimum Gasteiger partial charge on any atom is -0.477 e. The van der Waals surface area contributed by atoms with Crippen molar-refractivity contribution in [3.8, 4) is 11.1 Å². The van der Waals surface area contributed by atoms with E-state index in [4.69, 9.17) is 5.11 Å². The summed E-state index contributed by atoms with van der Waals surface area (Å²) < 4.78 is 8.55. The fourth-order valence-electron chi connectivity index (χ4n) is 1.94. The predicted octanol–water partition coefficient (Wildman–Crippen LogP) is 2.76. The van der Waals surface area contributed by atoms with Crippen LogP contribution < -0.4 is 0 Å². The van der Waals surface area contributed by atoms with Crippen LogP contribution in [0.15, 0.2) is 30.5 Å². The van der Waals surface area contributed by atoms with Crippen LogP contribution in [-0.4, -0.2) is 24.8 Å². The average molecular weight is 271 g/mol. The smallest absolute Gasteiger partial charge is 0.354 e. The first-order chi connectivity index (χ1) is 9.16. The van der Waals surface area contributed by atoms with Gasteiger partial charge in [-0.25, -0.2) is 9.78 Å². The Bertz CT molecular complexity index is 782. The maximum atomic E-state index is 11.0. The van der Waals surface area contributed by atoms with E-state index in [1.807, 2.05) is 19.1 Å². The van der Waals surface area contributed by atoms with Gasteiger partial charge in [0, 0.05) is 11.8 Å². The summed E-state index contributed by atoms with van der Waals surface area (Å²) in [4.78, 5) is 14.8. The molecule has 0 unspecified atom stereocenters. The van der Waals surface area contributed by atoms with Gasteiger partial charge in [-0.3, -0.25) is 0 Å². The SMILES string of the molecule is Cc1ccc(-c2ccnc(C(=O)O)c2)c2nsnc12. The molecule has 0 atom stereocenters. The molecule has 1 N–H and O–H groups in total. The highest BCUT2D eigenvalue weighted by molar-refractivity contribution is 7.00. The highest BCUT2D eigenvalue weighted by Gasteiger charge is 2.12. The fraction of sp³-hybridized carbons (Fsp3) is 0.0769. The number of nitrogens with zero attached hydrogens (tertiary/aromatic N) is 3. The van der Waals surface area contributed by atoms with Gasteiger partial charge in [-0.2, -0.15) is 8.75 Å². The second-order valence-corrected chi connectivity index (χ2v) is 4.65. The molecule has 0 amide bonds. The van der Waals surface area contributed by atoms with E-state index >= 15 is 0 Å². The Morgan fingerprint density at radius 1 is 1.21 bits per heavy atom. The van der Waals surface area contributed by atoms with Gasteiger partial charge in [0.05, 0.1) is 11.7 Å². The summed E-state index contributed by atoms with van der Waals surface area (Å²) in [7, 11) is 0. The molecule has 0 fully saturated rings. The number of aryl methyl sites for hydroxylation is 1. The summed E-state index contributed by atoms with van der Waals surface area (Å²) in [5, 5.41) is 8.99. The molecule has 94 valence electrons. The molecule has 0 aliphatic heterocycles. The van der Waals surface area contributed by atoms with Crippen LogP contribution in [0.4, 0.5) is 0 Å². The number of hydrogen-bond acceptors (Lipinski definition) is 5. The zero-order valence-electron chi connectivity index (χ0n) is 9.99. The molecule has 19 heavy (non-hydrogen) atoms. The van der Waals surface area contributed by atoms with Crippen molar-refractivity contribution >= 4 is 28.7 Å². The van der Waals surface area contributed by atoms with Gasteiger partial charge in [-0.05, 0) is 30.2 Å². The molecule has 0 aliphatic carbocycles. The van der Waals surface area contributed by atoms with Crippen LogP contribution in [0, 0.1) is 6.92 Å². The summed E-state index contributed by atoms with van der Waals surface area (Å²) in [5.41, 5.74) is 4.39. The Balaban J connectivity index is 2.25. The minimum atomic E-state index is -1.04. The van der Waals surface area contributed by atoms with E-state index in [0.29, 0.717) is 0 Å². The van der Waals surface area contributed by atoms with E-state index in [-0.39, 0.29) is 5.69 Å². The predicted molar refractivity (Wildman–Crippen MR) is 72.3 cm³/mol. The van der Waals surface area contributed by atoms with E-state index in [0.717, 1.165) is 39.5 Å². The normalized spacial score (nSPS) is 10.8. The average Bonchev–Trinajstić information content (AvgIpc) is 2.89. The maximum Gasteiger partial charge on any atom is 0.354 e. The molecule has 0 saturated heterocycles. The lowest BCUT2D eigenvalue weighted by atomic mass is 10.0. The lowest BCUT2D eigenvalue weighted by Crippen LogP contribution is -1.99. The monoisotopic (exact) mass is 271 g/mol. The molecule has 5 nitrogen and oxygen atoms in total. The van der Waals surface area contributed by atoms with Crippen molar-refractivity contribution < 1.29 is 9.90 Å². The Morgan fingerprint density at radius 3 is 2.79 bits per heavy atom. The van der Waals surface area contributed by atoms with Gasteiger partial charge in [0.2, 0.25) is 0 Å². The standard InChI is InChI=1S/C13H9N3O2S/c1-7-2-3-9(12-11(7)15-19-16-12)8-4-5-14-10(6-8)13(17)18/h2-6H,1H3,(H,17,18). The number of aromatic nitrogens is 3. The van der Waals surface area contributed by atoms with Crippen LogP contribution in [0.25, 0.3) is 22.2 Å². The molecule has 1 aromatic carbocycles. The van der Waals surface area contributed by atoms with Crippen LogP contribution in [0.1, 0.15) is 16.1 Å². The van der Waals surface area contributed by atoms with Crippen LogP contribution in [0.3, 0.4) is 0 Å². The van der Waals surface area contributed by atoms with Crippen molar-refractivity contribution in [2.45, 2.75) is 6.92 Å². The molecule has 0 bridgehead atoms. The fourth-order valence-corrected chi connectivity index (χ4v) is 2.56. The molecule has 6 heteroatoms. The summed E-state index contributed by atoms with van der Waals surface area (Å²) in [6.07, 6.45) is 1.49. The number of hydrogen-bond donors (Lipinski definition) is 1. The number of fused-ring (bicyclic) bond motifs is 1. The molecular weight excluding hydrogens is 262 g/mol. The highest BCUT2D eigenvalue weighted by Crippen LogP contribution is 2.29. The van der Waals surface area contributed by atoms with Crippen molar-refractivity contribution in [2.24, 2.45) is 0 Å². The first-order valence-corrected chi connectivity index (χ1v) is 6.31. The Hall–Kier alpha value is -2.34. The summed E-state index contributed by atoms with van der Waals surface area (Å²) in [5.74, 6) is -1.04. The largest absolute Gasteiger partial charge is 0.477 e. The lowest BCUT2D eigenvalue weighted by Gasteiger charge is -2.04. The van der Waals surface area contributed by atoms with E-state index in [2.05, 4.69) is 13.7 Å². The van der Waals surface area contributed by atoms with Crippen LogP contribution in [-0.2, 0) is 0 Å². The minimum absolute atomic E-state index is 0.0226. The van der Waals surface area contributed by atoms with Crippen molar-refractivity contribution in [1.29, 1.82) is 0 Å². The second-order valence-electron chi connectivity index (χ2n) is 4.13. The van der Waals surface area contributed by atoms with Crippen LogP contribution in [0.5, 0.6) is 0 Å². The third kappa shape index (κ3) is 1.96. The number of carbonyl (C=O) groups is 1. The lowest BCUT2D eigenvalue weighted by molar-refractivity contribution is 0.0690. The highest BCUT2D eigenvalue weighted by atomic mass is 32.1. The number of rotatable bonds is 2. The van der Waals surface area contributed by atoms with Crippen molar-refractivity contribution in [3.05, 3.63) is 41.7 Å². The third-order valence-electron chi connectivity index (χ3n) is 2.91. The topological polar surface area (TPSA) is 76.0 Å². The molecule has 0 saturated carbocycles. The number of pyridine rings is 1. The van der Waals surface area contributed by atoms with Gasteiger partial charge in [0.1, 0.15) is 16.7 Å².